The van der Waals surface area contributed by atoms with E-state index in [4.69, 9.17) is 14.6 Å². The summed E-state index contributed by atoms with van der Waals surface area (Å²) in [6.45, 7) is 12.4. The van der Waals surface area contributed by atoms with Crippen LogP contribution in [0, 0.1) is 0 Å². The van der Waals surface area contributed by atoms with Gasteiger partial charge in [-0.15, -0.1) is 0 Å². The predicted molar refractivity (Wildman–Crippen MR) is 223 cm³/mol. The highest BCUT2D eigenvalue weighted by atomic mass is 19.4. The summed E-state index contributed by atoms with van der Waals surface area (Å²) in [5.41, 5.74) is -3.48. The molecule has 7 rings (SSSR count). The van der Waals surface area contributed by atoms with Crippen LogP contribution in [0.15, 0.2) is 0 Å². The maximum Gasteiger partial charge on any atom is 0.471 e. The van der Waals surface area contributed by atoms with Gasteiger partial charge in [0.15, 0.2) is 0 Å². The van der Waals surface area contributed by atoms with E-state index >= 15 is 0 Å². The molecule has 7 aliphatic rings. The Balaban J connectivity index is 0.000000203. The fraction of sp³-hybridized carbons (Fsp3) is 0.837. The van der Waals surface area contributed by atoms with E-state index in [1.54, 1.807) is 55.4 Å². The molecular formula is C43H62F9N7O10. The number of carbonyl (C=O) groups excluding carboxylic acids is 6. The van der Waals surface area contributed by atoms with Crippen molar-refractivity contribution in [2.75, 3.05) is 45.8 Å². The number of nitrogens with one attached hydrogen (secondary N) is 1. The number of aliphatic carboxylic acids is 1. The van der Waals surface area contributed by atoms with Crippen molar-refractivity contribution in [1.29, 1.82) is 0 Å². The van der Waals surface area contributed by atoms with Gasteiger partial charge in [0, 0.05) is 64.1 Å². The number of nitrogens with zero attached hydrogens (tertiary/aromatic N) is 6. The second kappa shape index (κ2) is 19.8. The lowest BCUT2D eigenvalue weighted by atomic mass is 10.0. The highest BCUT2D eigenvalue weighted by Crippen LogP contribution is 2.48. The molecule has 17 nitrogen and oxygen atoms in total. The molecule has 5 aliphatic heterocycles. The van der Waals surface area contributed by atoms with Crippen molar-refractivity contribution in [2.45, 2.75) is 184 Å². The van der Waals surface area contributed by atoms with Gasteiger partial charge in [-0.25, -0.2) is 27.6 Å². The number of carbonyl (C=O) groups is 7. The third-order valence-electron chi connectivity index (χ3n) is 12.9. The molecule has 69 heavy (non-hydrogen) atoms. The van der Waals surface area contributed by atoms with Crippen LogP contribution in [0.5, 0.6) is 0 Å². The topological polar surface area (TPSA) is 190 Å². The predicted octanol–water partition coefficient (Wildman–Crippen LogP) is 4.75. The number of piperazine rings is 2. The van der Waals surface area contributed by atoms with E-state index in [1.165, 1.54) is 9.80 Å². The van der Waals surface area contributed by atoms with Crippen molar-refractivity contribution in [3.05, 3.63) is 0 Å². The molecule has 5 heterocycles. The Bertz CT molecular complexity index is 1970. The van der Waals surface area contributed by atoms with Crippen LogP contribution in [-0.2, 0) is 33.4 Å². The number of carboxylic acid groups (broad SMARTS) is 1. The van der Waals surface area contributed by atoms with E-state index < -0.39 is 119 Å². The number of alkyl halides is 9. The molecular weight excluding hydrogens is 945 g/mol. The summed E-state index contributed by atoms with van der Waals surface area (Å²) in [5.74, 6) is -5.76. The summed E-state index contributed by atoms with van der Waals surface area (Å²) in [4.78, 5) is 90.6. The first-order valence-electron chi connectivity index (χ1n) is 22.8. The smallest absolute Gasteiger partial charge is 0.471 e. The molecule has 5 saturated heterocycles. The van der Waals surface area contributed by atoms with Gasteiger partial charge >= 0.3 is 42.3 Å². The van der Waals surface area contributed by atoms with Gasteiger partial charge in [-0.3, -0.25) is 29.0 Å². The second-order valence-electron chi connectivity index (χ2n) is 21.0. The first-order valence-corrected chi connectivity index (χ1v) is 22.8. The number of carboxylic acids is 1. The fourth-order valence-electron chi connectivity index (χ4n) is 9.22. The van der Waals surface area contributed by atoms with Gasteiger partial charge in [0.2, 0.25) is 11.8 Å². The average Bonchev–Trinajstić information content (AvgIpc) is 4.00. The van der Waals surface area contributed by atoms with Crippen LogP contribution in [0.2, 0.25) is 0 Å². The fourth-order valence-corrected chi connectivity index (χ4v) is 9.22. The Morgan fingerprint density at radius 2 is 0.928 bits per heavy atom. The van der Waals surface area contributed by atoms with Gasteiger partial charge in [0.1, 0.15) is 41.8 Å². The minimum Gasteiger partial charge on any atom is -0.480 e. The highest BCUT2D eigenvalue weighted by molar-refractivity contribution is 5.89. The van der Waals surface area contributed by atoms with Crippen molar-refractivity contribution < 1.29 is 87.7 Å². The zero-order valence-electron chi connectivity index (χ0n) is 39.7. The molecule has 6 amide bonds. The van der Waals surface area contributed by atoms with Crippen LogP contribution < -0.4 is 5.32 Å². The number of rotatable bonds is 3. The van der Waals surface area contributed by atoms with E-state index in [2.05, 4.69) is 5.32 Å². The lowest BCUT2D eigenvalue weighted by molar-refractivity contribution is -0.193. The van der Waals surface area contributed by atoms with Crippen LogP contribution in [0.4, 0.5) is 49.1 Å². The second-order valence-corrected chi connectivity index (χ2v) is 21.0. The van der Waals surface area contributed by atoms with E-state index in [-0.39, 0.29) is 71.0 Å². The largest absolute Gasteiger partial charge is 0.480 e. The number of likely N-dealkylation sites (tertiary alicyclic amines) is 2. The van der Waals surface area contributed by atoms with Crippen molar-refractivity contribution >= 4 is 41.8 Å². The SMILES string of the molecule is CC(C)(C)OC(=O)N1C[C@H](F)C[C@H]1C(=O)O.C[C@H]1CN(C(=O)C(F)(F)F)C2(CC2)CN1C(=O)[C@@H]1C[C@@H](F)CN1.C[C@H]1CN(C(=O)C(F)(F)F)C2(CC2)CN1C(=O)[C@@H]1C[C@@H](F)CN1C(=O)OC(C)(C)C. The number of halogens is 9. The first-order chi connectivity index (χ1) is 31.5. The van der Waals surface area contributed by atoms with Crippen LogP contribution in [0.25, 0.3) is 0 Å². The molecule has 392 valence electrons. The average molecular weight is 1010 g/mol. The quantitative estimate of drug-likeness (QED) is 0.372. The highest BCUT2D eigenvalue weighted by Gasteiger charge is 2.62. The summed E-state index contributed by atoms with van der Waals surface area (Å²) >= 11 is 0. The normalized spacial score (nSPS) is 29.5. The van der Waals surface area contributed by atoms with Crippen LogP contribution >= 0.6 is 0 Å². The van der Waals surface area contributed by atoms with Gasteiger partial charge in [-0.05, 0) is 81.1 Å². The Kier molecular flexibility index (Phi) is 15.8. The molecule has 0 bridgehead atoms. The number of hydrogen-bond donors (Lipinski definition) is 2. The first kappa shape index (κ1) is 55.2. The molecule has 7 fully saturated rings. The van der Waals surface area contributed by atoms with Gasteiger partial charge in [-0.1, -0.05) is 0 Å². The minimum atomic E-state index is -4.98. The lowest BCUT2D eigenvalue weighted by Crippen LogP contribution is -2.65. The summed E-state index contributed by atoms with van der Waals surface area (Å²) in [6.07, 6.45) is -13.9. The third kappa shape index (κ3) is 13.2. The molecule has 0 radical (unpaired) electrons. The molecule has 2 saturated carbocycles. The van der Waals surface area contributed by atoms with Crippen LogP contribution in [0.3, 0.4) is 0 Å². The van der Waals surface area contributed by atoms with Gasteiger partial charge in [0.25, 0.3) is 0 Å². The maximum atomic E-state index is 14.1. The molecule has 2 aliphatic carbocycles. The molecule has 0 unspecified atom stereocenters. The maximum absolute atomic E-state index is 14.1. The van der Waals surface area contributed by atoms with Gasteiger partial charge in [0.05, 0.1) is 30.2 Å². The molecule has 8 atom stereocenters. The molecule has 0 aromatic rings. The van der Waals surface area contributed by atoms with Crippen LogP contribution in [-0.4, -0.2) is 205 Å². The van der Waals surface area contributed by atoms with Gasteiger partial charge < -0.3 is 39.5 Å². The molecule has 2 N–H and O–H groups in total. The number of amides is 6. The molecule has 0 aromatic carbocycles. The van der Waals surface area contributed by atoms with Crippen molar-refractivity contribution in [3.8, 4) is 0 Å². The van der Waals surface area contributed by atoms with E-state index in [0.29, 0.717) is 25.7 Å². The number of ether oxygens (including phenoxy) is 2. The Morgan fingerprint density at radius 3 is 1.26 bits per heavy atom. The van der Waals surface area contributed by atoms with Crippen LogP contribution in [0.1, 0.15) is 100 Å². The number of hydrogen-bond acceptors (Lipinski definition) is 10. The molecule has 2 spiro atoms. The standard InChI is InChI=1S/C19H27F4N3O4.C14H19F4N3O2.C10H16FNO4/c1-11-8-26(15(28)19(21,22)23)18(5-6-18)10-25(11)14(27)13-7-12(20)9-24(13)16(29)30-17(2,3)4;1-8-6-21(12(23)14(16,17)18)13(2-3-13)7-20(8)11(22)10-4-9(15)5-19-10;1-10(2,3)16-9(15)12-5-6(11)4-7(12)8(13)14/h11-13H,5-10H2,1-4H3;8-10,19H,2-7H2,1H3;6-7H,4-5H2,1-3H3,(H,13,14)/t11-,12+,13-;8-,9+,10-;6-,7+/m001/s1. The van der Waals surface area contributed by atoms with Crippen molar-refractivity contribution in [2.24, 2.45) is 0 Å². The molecule has 26 heteroatoms. The Hall–Kier alpha value is -4.78. The summed E-state index contributed by atoms with van der Waals surface area (Å²) in [7, 11) is 0. The van der Waals surface area contributed by atoms with Crippen molar-refractivity contribution in [3.63, 3.8) is 0 Å². The van der Waals surface area contributed by atoms with Gasteiger partial charge in [-0.2, -0.15) is 26.3 Å². The third-order valence-corrected chi connectivity index (χ3v) is 12.9. The zero-order valence-corrected chi connectivity index (χ0v) is 39.7. The van der Waals surface area contributed by atoms with E-state index in [9.17, 15) is 73.1 Å². The monoisotopic (exact) mass is 1010 g/mol. The Labute approximate surface area is 393 Å². The zero-order chi connectivity index (χ0) is 52.1. The van der Waals surface area contributed by atoms with E-state index in [1.807, 2.05) is 0 Å². The van der Waals surface area contributed by atoms with E-state index in [0.717, 1.165) is 19.6 Å². The minimum absolute atomic E-state index is 0.0650. The Morgan fingerprint density at radius 1 is 0.551 bits per heavy atom. The van der Waals surface area contributed by atoms with Crippen molar-refractivity contribution in [1.82, 2.24) is 34.7 Å². The molecule has 0 aromatic heterocycles. The summed E-state index contributed by atoms with van der Waals surface area (Å²) < 4.78 is 128. The lowest BCUT2D eigenvalue weighted by Gasteiger charge is -2.47. The summed E-state index contributed by atoms with van der Waals surface area (Å²) in [5, 5.41) is 11.6. The summed E-state index contributed by atoms with van der Waals surface area (Å²) in [6, 6.07) is -4.06.